The molecule has 1 aliphatic rings. The number of halogens is 3. The van der Waals surface area contributed by atoms with Crippen molar-refractivity contribution >= 4 is 17.6 Å². The molecule has 8 heteroatoms. The Morgan fingerprint density at radius 1 is 1.03 bits per heavy atom. The van der Waals surface area contributed by atoms with Gasteiger partial charge in [-0.1, -0.05) is 29.8 Å². The fourth-order valence-corrected chi connectivity index (χ4v) is 4.33. The van der Waals surface area contributed by atoms with Crippen molar-refractivity contribution in [2.24, 2.45) is 0 Å². The number of nitrogens with zero attached hydrogens (tertiary/aromatic N) is 1. The molecule has 4 rings (SSSR count). The zero-order valence-corrected chi connectivity index (χ0v) is 20.0. The predicted molar refractivity (Wildman–Crippen MR) is 129 cm³/mol. The number of hydrogen-bond donors (Lipinski definition) is 0. The van der Waals surface area contributed by atoms with Gasteiger partial charge in [0.15, 0.2) is 0 Å². The van der Waals surface area contributed by atoms with Crippen molar-refractivity contribution in [3.05, 3.63) is 94.0 Å². The van der Waals surface area contributed by atoms with Crippen LogP contribution in [0.1, 0.15) is 45.1 Å². The van der Waals surface area contributed by atoms with Crippen LogP contribution in [0.25, 0.3) is 0 Å². The first-order chi connectivity index (χ1) is 17.2. The summed E-state index contributed by atoms with van der Waals surface area (Å²) in [5.74, 6) is 0.0135. The third-order valence-corrected chi connectivity index (χ3v) is 5.93. The molecule has 188 valence electrons. The number of carbonyl (C=O) groups excluding carboxylic acids is 2. The Kier molecular flexibility index (Phi) is 7.33. The van der Waals surface area contributed by atoms with Gasteiger partial charge in [0.2, 0.25) is 0 Å². The molecule has 1 amide bonds. The minimum Gasteiger partial charge on any atom is -0.493 e. The van der Waals surface area contributed by atoms with Gasteiger partial charge < -0.3 is 14.4 Å². The van der Waals surface area contributed by atoms with Crippen molar-refractivity contribution in [1.82, 2.24) is 0 Å². The molecule has 0 aromatic heterocycles. The summed E-state index contributed by atoms with van der Waals surface area (Å²) >= 11 is 0. The maximum absolute atomic E-state index is 12.9. The number of amides is 1. The number of ether oxygens (including phenoxy) is 2. The van der Waals surface area contributed by atoms with E-state index in [1.165, 1.54) is 17.0 Å². The van der Waals surface area contributed by atoms with Crippen LogP contribution >= 0.6 is 0 Å². The number of esters is 1. The third-order valence-electron chi connectivity index (χ3n) is 5.93. The zero-order chi connectivity index (χ0) is 25.9. The van der Waals surface area contributed by atoms with Crippen molar-refractivity contribution in [1.29, 1.82) is 0 Å². The van der Waals surface area contributed by atoms with Crippen LogP contribution in [0.2, 0.25) is 0 Å². The average molecular weight is 498 g/mol. The van der Waals surface area contributed by atoms with E-state index in [4.69, 9.17) is 9.47 Å². The standard InChI is InChI=1S/C28H26F3NO4/c1-3-35-26(33)16-20-14-18(2)13-19(15-20)11-12-36-25-6-4-5-23-24(25)17-32(27(23)34)22-9-7-21(8-10-22)28(29,30)31/h4-10,13-15H,3,11-12,16-17H2,1-2H3. The average Bonchev–Trinajstić information content (AvgIpc) is 3.16. The third kappa shape index (κ3) is 5.70. The smallest absolute Gasteiger partial charge is 0.416 e. The summed E-state index contributed by atoms with van der Waals surface area (Å²) in [6.07, 6.45) is -3.64. The van der Waals surface area contributed by atoms with Crippen LogP contribution in [0.15, 0.2) is 60.7 Å². The zero-order valence-electron chi connectivity index (χ0n) is 20.0. The minimum atomic E-state index is -4.44. The van der Waals surface area contributed by atoms with Crippen LogP contribution in [0.5, 0.6) is 5.75 Å². The van der Waals surface area contributed by atoms with Gasteiger partial charge in [-0.05, 0) is 61.4 Å². The van der Waals surface area contributed by atoms with E-state index in [1.807, 2.05) is 25.1 Å². The van der Waals surface area contributed by atoms with Crippen molar-refractivity contribution in [2.75, 3.05) is 18.1 Å². The van der Waals surface area contributed by atoms with Crippen molar-refractivity contribution in [3.63, 3.8) is 0 Å². The monoisotopic (exact) mass is 497 g/mol. The van der Waals surface area contributed by atoms with Gasteiger partial charge in [-0.25, -0.2) is 0 Å². The van der Waals surface area contributed by atoms with Crippen LogP contribution in [0, 0.1) is 6.92 Å². The van der Waals surface area contributed by atoms with E-state index >= 15 is 0 Å². The molecule has 0 bridgehead atoms. The highest BCUT2D eigenvalue weighted by atomic mass is 19.4. The normalized spacial score (nSPS) is 13.0. The molecule has 1 heterocycles. The number of carbonyl (C=O) groups is 2. The predicted octanol–water partition coefficient (Wildman–Crippen LogP) is 5.90. The van der Waals surface area contributed by atoms with Crippen LogP contribution in [-0.4, -0.2) is 25.1 Å². The number of fused-ring (bicyclic) bond motifs is 1. The van der Waals surface area contributed by atoms with Gasteiger partial charge in [0, 0.05) is 23.2 Å². The summed E-state index contributed by atoms with van der Waals surface area (Å²) in [4.78, 5) is 26.2. The summed E-state index contributed by atoms with van der Waals surface area (Å²) in [6, 6.07) is 15.7. The highest BCUT2D eigenvalue weighted by molar-refractivity contribution is 6.10. The largest absolute Gasteiger partial charge is 0.493 e. The van der Waals surface area contributed by atoms with Crippen molar-refractivity contribution in [3.8, 4) is 5.75 Å². The Morgan fingerprint density at radius 3 is 2.44 bits per heavy atom. The van der Waals surface area contributed by atoms with Crippen LogP contribution in [0.3, 0.4) is 0 Å². The van der Waals surface area contributed by atoms with E-state index in [0.29, 0.717) is 42.2 Å². The molecule has 3 aromatic rings. The lowest BCUT2D eigenvalue weighted by atomic mass is 10.0. The lowest BCUT2D eigenvalue weighted by Crippen LogP contribution is -2.23. The van der Waals surface area contributed by atoms with E-state index in [-0.39, 0.29) is 24.8 Å². The Morgan fingerprint density at radius 2 is 1.75 bits per heavy atom. The maximum atomic E-state index is 12.9. The molecule has 0 atom stereocenters. The lowest BCUT2D eigenvalue weighted by molar-refractivity contribution is -0.142. The molecule has 0 saturated carbocycles. The Hall–Kier alpha value is -3.81. The molecule has 0 aliphatic carbocycles. The molecule has 3 aromatic carbocycles. The fourth-order valence-electron chi connectivity index (χ4n) is 4.33. The summed E-state index contributed by atoms with van der Waals surface area (Å²) < 4.78 is 49.7. The van der Waals surface area contributed by atoms with Crippen LogP contribution in [-0.2, 0) is 35.1 Å². The molecule has 0 spiro atoms. The van der Waals surface area contributed by atoms with Crippen molar-refractivity contribution in [2.45, 2.75) is 39.4 Å². The van der Waals surface area contributed by atoms with E-state index < -0.39 is 11.7 Å². The summed E-state index contributed by atoms with van der Waals surface area (Å²) in [6.45, 7) is 4.64. The van der Waals surface area contributed by atoms with Gasteiger partial charge in [0.05, 0.1) is 31.7 Å². The summed E-state index contributed by atoms with van der Waals surface area (Å²) in [7, 11) is 0. The van der Waals surface area contributed by atoms with Gasteiger partial charge in [-0.15, -0.1) is 0 Å². The molecule has 0 radical (unpaired) electrons. The summed E-state index contributed by atoms with van der Waals surface area (Å²) in [5, 5.41) is 0. The second-order valence-electron chi connectivity index (χ2n) is 8.63. The maximum Gasteiger partial charge on any atom is 0.416 e. The van der Waals surface area contributed by atoms with Crippen LogP contribution < -0.4 is 9.64 Å². The molecule has 5 nitrogen and oxygen atoms in total. The van der Waals surface area contributed by atoms with Crippen molar-refractivity contribution < 1.29 is 32.2 Å². The highest BCUT2D eigenvalue weighted by Gasteiger charge is 2.33. The minimum absolute atomic E-state index is 0.206. The number of benzene rings is 3. The molecule has 0 N–H and O–H groups in total. The van der Waals surface area contributed by atoms with E-state index in [2.05, 4.69) is 0 Å². The number of rotatable bonds is 8. The van der Waals surface area contributed by atoms with Gasteiger partial charge in [0.1, 0.15) is 5.75 Å². The molecule has 0 saturated heterocycles. The molecule has 0 fully saturated rings. The Bertz CT molecular complexity index is 1270. The number of anilines is 1. The van der Waals surface area contributed by atoms with Gasteiger partial charge in [0.25, 0.3) is 5.91 Å². The second kappa shape index (κ2) is 10.4. The first kappa shape index (κ1) is 25.3. The molecular weight excluding hydrogens is 471 g/mol. The van der Waals surface area contributed by atoms with Gasteiger partial charge in [-0.2, -0.15) is 13.2 Å². The first-order valence-electron chi connectivity index (χ1n) is 11.6. The van der Waals surface area contributed by atoms with Crippen LogP contribution in [0.4, 0.5) is 18.9 Å². The summed E-state index contributed by atoms with van der Waals surface area (Å²) in [5.41, 5.74) is 3.73. The van der Waals surface area contributed by atoms with Gasteiger partial charge >= 0.3 is 12.1 Å². The quantitative estimate of drug-likeness (QED) is 0.364. The highest BCUT2D eigenvalue weighted by Crippen LogP contribution is 2.36. The topological polar surface area (TPSA) is 55.8 Å². The van der Waals surface area contributed by atoms with E-state index in [9.17, 15) is 22.8 Å². The Labute approximate surface area is 207 Å². The van der Waals surface area contributed by atoms with E-state index in [1.54, 1.807) is 25.1 Å². The Balaban J connectivity index is 1.43. The number of hydrogen-bond acceptors (Lipinski definition) is 4. The van der Waals surface area contributed by atoms with Gasteiger partial charge in [-0.3, -0.25) is 9.59 Å². The fraction of sp³-hybridized carbons (Fsp3) is 0.286. The first-order valence-corrected chi connectivity index (χ1v) is 11.6. The molecule has 1 aliphatic heterocycles. The molecule has 0 unspecified atom stereocenters. The number of alkyl halides is 3. The molecule has 36 heavy (non-hydrogen) atoms. The number of aryl methyl sites for hydroxylation is 1. The lowest BCUT2D eigenvalue weighted by Gasteiger charge is -2.17. The SMILES string of the molecule is CCOC(=O)Cc1cc(C)cc(CCOc2cccc3c2CN(c2ccc(C(F)(F)F)cc2)C3=O)c1. The molecular formula is C28H26F3NO4. The van der Waals surface area contributed by atoms with E-state index in [0.717, 1.165) is 28.8 Å². The second-order valence-corrected chi connectivity index (χ2v) is 8.63.